The van der Waals surface area contributed by atoms with E-state index in [1.165, 1.54) is 0 Å². The molecule has 3 nitrogen and oxygen atoms in total. The molecule has 0 spiro atoms. The van der Waals surface area contributed by atoms with Crippen molar-refractivity contribution in [2.75, 3.05) is 5.32 Å². The Balaban J connectivity index is 2.20. The van der Waals surface area contributed by atoms with Crippen LogP contribution < -0.4 is 5.32 Å². The van der Waals surface area contributed by atoms with Crippen LogP contribution in [0.5, 0.6) is 0 Å². The SMILES string of the molecule is CC1(C)CC(Nc2ccc(C#N)cc2Cl)C(C)(C)O1. The van der Waals surface area contributed by atoms with Crippen molar-refractivity contribution in [2.45, 2.75) is 51.4 Å². The van der Waals surface area contributed by atoms with Crippen LogP contribution in [0.25, 0.3) is 0 Å². The molecular formula is C15H19ClN2O. The van der Waals surface area contributed by atoms with E-state index < -0.39 is 0 Å². The lowest BCUT2D eigenvalue weighted by Gasteiger charge is -2.28. The third-order valence-corrected chi connectivity index (χ3v) is 3.81. The smallest absolute Gasteiger partial charge is 0.0992 e. The normalized spacial score (nSPS) is 23.9. The van der Waals surface area contributed by atoms with Crippen molar-refractivity contribution in [3.8, 4) is 6.07 Å². The zero-order valence-electron chi connectivity index (χ0n) is 11.7. The molecule has 0 aromatic heterocycles. The lowest BCUT2D eigenvalue weighted by atomic mass is 9.94. The Hall–Kier alpha value is -1.24. The number of hydrogen-bond acceptors (Lipinski definition) is 3. The van der Waals surface area contributed by atoms with E-state index in [-0.39, 0.29) is 17.2 Å². The highest BCUT2D eigenvalue weighted by atomic mass is 35.5. The first kappa shape index (κ1) is 14.2. The average molecular weight is 279 g/mol. The minimum absolute atomic E-state index is 0.139. The average Bonchev–Trinajstić information content (AvgIpc) is 2.49. The van der Waals surface area contributed by atoms with Gasteiger partial charge in [0.15, 0.2) is 0 Å². The summed E-state index contributed by atoms with van der Waals surface area (Å²) < 4.78 is 6.05. The topological polar surface area (TPSA) is 45.0 Å². The quantitative estimate of drug-likeness (QED) is 0.890. The maximum Gasteiger partial charge on any atom is 0.0992 e. The second-order valence-corrected chi connectivity index (χ2v) is 6.58. The Morgan fingerprint density at radius 2 is 2.05 bits per heavy atom. The van der Waals surface area contributed by atoms with Crippen molar-refractivity contribution in [3.05, 3.63) is 28.8 Å². The van der Waals surface area contributed by atoms with Crippen LogP contribution >= 0.6 is 11.6 Å². The van der Waals surface area contributed by atoms with Crippen molar-refractivity contribution in [1.29, 1.82) is 5.26 Å². The summed E-state index contributed by atoms with van der Waals surface area (Å²) in [6, 6.07) is 7.56. The number of hydrogen-bond donors (Lipinski definition) is 1. The molecule has 1 atom stereocenters. The molecule has 1 aromatic rings. The van der Waals surface area contributed by atoms with Gasteiger partial charge < -0.3 is 10.1 Å². The van der Waals surface area contributed by atoms with Crippen molar-refractivity contribution in [3.63, 3.8) is 0 Å². The molecule has 1 aromatic carbocycles. The van der Waals surface area contributed by atoms with Gasteiger partial charge in [0, 0.05) is 0 Å². The predicted molar refractivity (Wildman–Crippen MR) is 77.4 cm³/mol. The Labute approximate surface area is 119 Å². The first-order valence-electron chi connectivity index (χ1n) is 6.40. The van der Waals surface area contributed by atoms with E-state index in [0.717, 1.165) is 12.1 Å². The molecule has 1 fully saturated rings. The summed E-state index contributed by atoms with van der Waals surface area (Å²) in [4.78, 5) is 0. The number of anilines is 1. The minimum atomic E-state index is -0.249. The summed E-state index contributed by atoms with van der Waals surface area (Å²) in [6.45, 7) is 8.35. The number of ether oxygens (including phenoxy) is 1. The lowest BCUT2D eigenvalue weighted by Crippen LogP contribution is -2.38. The molecule has 0 bridgehead atoms. The van der Waals surface area contributed by atoms with Crippen LogP contribution in [0.2, 0.25) is 5.02 Å². The molecular weight excluding hydrogens is 260 g/mol. The third kappa shape index (κ3) is 3.02. The third-order valence-electron chi connectivity index (χ3n) is 3.50. The van der Waals surface area contributed by atoms with Crippen molar-refractivity contribution < 1.29 is 4.74 Å². The lowest BCUT2D eigenvalue weighted by molar-refractivity contribution is -0.0662. The molecule has 1 unspecified atom stereocenters. The molecule has 1 N–H and O–H groups in total. The Morgan fingerprint density at radius 1 is 1.37 bits per heavy atom. The highest BCUT2D eigenvalue weighted by Crippen LogP contribution is 2.39. The Bertz CT molecular complexity index is 531. The number of rotatable bonds is 2. The minimum Gasteiger partial charge on any atom is -0.378 e. The second kappa shape index (κ2) is 4.70. The molecule has 2 rings (SSSR count). The van der Waals surface area contributed by atoms with Crippen LogP contribution in [0, 0.1) is 11.3 Å². The van der Waals surface area contributed by atoms with E-state index in [4.69, 9.17) is 21.6 Å². The Kier molecular flexibility index (Phi) is 3.51. The van der Waals surface area contributed by atoms with Gasteiger partial charge in [0.2, 0.25) is 0 Å². The molecule has 0 saturated carbocycles. The van der Waals surface area contributed by atoms with E-state index in [0.29, 0.717) is 10.6 Å². The van der Waals surface area contributed by atoms with Gasteiger partial charge in [-0.15, -0.1) is 0 Å². The van der Waals surface area contributed by atoms with Gasteiger partial charge >= 0.3 is 0 Å². The monoisotopic (exact) mass is 278 g/mol. The van der Waals surface area contributed by atoms with E-state index in [2.05, 4.69) is 39.1 Å². The summed E-state index contributed by atoms with van der Waals surface area (Å²) in [7, 11) is 0. The number of nitrogens with one attached hydrogen (secondary N) is 1. The molecule has 0 aliphatic carbocycles. The largest absolute Gasteiger partial charge is 0.378 e. The maximum absolute atomic E-state index is 8.84. The van der Waals surface area contributed by atoms with E-state index in [1.54, 1.807) is 12.1 Å². The second-order valence-electron chi connectivity index (χ2n) is 6.17. The fourth-order valence-corrected chi connectivity index (χ4v) is 2.91. The van der Waals surface area contributed by atoms with Crippen molar-refractivity contribution >= 4 is 17.3 Å². The van der Waals surface area contributed by atoms with Crippen molar-refractivity contribution in [2.24, 2.45) is 0 Å². The van der Waals surface area contributed by atoms with Crippen LogP contribution in [0.1, 0.15) is 39.7 Å². The summed E-state index contributed by atoms with van der Waals surface area (Å²) >= 11 is 6.20. The number of benzene rings is 1. The number of halogens is 1. The molecule has 1 saturated heterocycles. The van der Waals surface area contributed by atoms with E-state index >= 15 is 0 Å². The maximum atomic E-state index is 8.84. The highest BCUT2D eigenvalue weighted by Gasteiger charge is 2.45. The molecule has 19 heavy (non-hydrogen) atoms. The summed E-state index contributed by atoms with van der Waals surface area (Å²) in [5.74, 6) is 0. The molecule has 1 heterocycles. The van der Waals surface area contributed by atoms with Gasteiger partial charge in [-0.2, -0.15) is 5.26 Å². The zero-order valence-corrected chi connectivity index (χ0v) is 12.5. The summed E-state index contributed by atoms with van der Waals surface area (Å²) in [5, 5.41) is 12.8. The van der Waals surface area contributed by atoms with Gasteiger partial charge in [0.25, 0.3) is 0 Å². The van der Waals surface area contributed by atoms with Gasteiger partial charge in [-0.1, -0.05) is 11.6 Å². The van der Waals surface area contributed by atoms with Crippen LogP contribution in [-0.4, -0.2) is 17.2 Å². The van der Waals surface area contributed by atoms with Crippen LogP contribution in [0.3, 0.4) is 0 Å². The van der Waals surface area contributed by atoms with E-state index in [9.17, 15) is 0 Å². The Morgan fingerprint density at radius 3 is 2.53 bits per heavy atom. The molecule has 0 amide bonds. The van der Waals surface area contributed by atoms with Crippen LogP contribution in [0.4, 0.5) is 5.69 Å². The number of nitriles is 1. The summed E-state index contributed by atoms with van der Waals surface area (Å²) in [6.07, 6.45) is 0.913. The zero-order chi connectivity index (χ0) is 14.3. The van der Waals surface area contributed by atoms with Crippen LogP contribution in [0.15, 0.2) is 18.2 Å². The number of nitrogens with zero attached hydrogens (tertiary/aromatic N) is 1. The highest BCUT2D eigenvalue weighted by molar-refractivity contribution is 6.33. The van der Waals surface area contributed by atoms with Gasteiger partial charge in [0.1, 0.15) is 0 Å². The van der Waals surface area contributed by atoms with Gasteiger partial charge in [-0.05, 0) is 52.3 Å². The molecule has 1 aliphatic heterocycles. The summed E-state index contributed by atoms with van der Waals surface area (Å²) in [5.41, 5.74) is 1.03. The van der Waals surface area contributed by atoms with E-state index in [1.807, 2.05) is 6.07 Å². The van der Waals surface area contributed by atoms with Crippen molar-refractivity contribution in [1.82, 2.24) is 0 Å². The van der Waals surface area contributed by atoms with Gasteiger partial charge in [0.05, 0.1) is 39.6 Å². The molecule has 1 aliphatic rings. The van der Waals surface area contributed by atoms with Gasteiger partial charge in [-0.25, -0.2) is 0 Å². The predicted octanol–water partition coefficient (Wildman–Crippen LogP) is 3.97. The molecule has 0 radical (unpaired) electrons. The first-order valence-corrected chi connectivity index (χ1v) is 6.78. The standard InChI is InChI=1S/C15H19ClN2O/c1-14(2)8-13(15(3,4)19-14)18-12-6-5-10(9-17)7-11(12)16/h5-7,13,18H,8H2,1-4H3. The fourth-order valence-electron chi connectivity index (χ4n) is 2.68. The fraction of sp³-hybridized carbons (Fsp3) is 0.533. The first-order chi connectivity index (χ1) is 8.73. The molecule has 4 heteroatoms. The van der Waals surface area contributed by atoms with Crippen LogP contribution in [-0.2, 0) is 4.74 Å². The molecule has 102 valence electrons. The van der Waals surface area contributed by atoms with Gasteiger partial charge in [-0.3, -0.25) is 0 Å².